The molecule has 2 heterocycles. The number of hydrogen-bond acceptors (Lipinski definition) is 3. The molecule has 4 atom stereocenters. The van der Waals surface area contributed by atoms with E-state index in [0.717, 1.165) is 26.1 Å². The Morgan fingerprint density at radius 2 is 2.00 bits per heavy atom. The van der Waals surface area contributed by atoms with Crippen LogP contribution in [0.3, 0.4) is 0 Å². The van der Waals surface area contributed by atoms with E-state index in [1.165, 1.54) is 0 Å². The lowest BCUT2D eigenvalue weighted by atomic mass is 9.93. The average molecular weight is 270 g/mol. The van der Waals surface area contributed by atoms with E-state index in [0.29, 0.717) is 18.4 Å². The fourth-order valence-electron chi connectivity index (χ4n) is 2.98. The summed E-state index contributed by atoms with van der Waals surface area (Å²) >= 11 is 0. The predicted octanol–water partition coefficient (Wildman–Crippen LogP) is 1.52. The molecule has 110 valence electrons. The highest BCUT2D eigenvalue weighted by Crippen LogP contribution is 2.26. The van der Waals surface area contributed by atoms with Crippen molar-refractivity contribution in [2.75, 3.05) is 19.8 Å². The summed E-state index contributed by atoms with van der Waals surface area (Å²) in [6.45, 7) is 8.57. The van der Waals surface area contributed by atoms with Crippen LogP contribution >= 0.6 is 0 Å². The van der Waals surface area contributed by atoms with E-state index >= 15 is 0 Å². The molecule has 0 unspecified atom stereocenters. The summed E-state index contributed by atoms with van der Waals surface area (Å²) in [6.07, 6.45) is 2.32. The van der Waals surface area contributed by atoms with Gasteiger partial charge in [0.25, 0.3) is 0 Å². The molecule has 0 saturated carbocycles. The number of carbonyl (C=O) groups is 1. The quantitative estimate of drug-likeness (QED) is 0.814. The van der Waals surface area contributed by atoms with Crippen LogP contribution in [0, 0.1) is 11.8 Å². The number of nitrogens with one attached hydrogen (secondary N) is 2. The van der Waals surface area contributed by atoms with E-state index in [1.807, 2.05) is 6.92 Å². The van der Waals surface area contributed by atoms with Crippen molar-refractivity contribution < 1.29 is 14.3 Å². The zero-order chi connectivity index (χ0) is 13.8. The van der Waals surface area contributed by atoms with Gasteiger partial charge in [0, 0.05) is 25.7 Å². The number of hydrogen-bond donors (Lipinski definition) is 2. The molecule has 0 aromatic rings. The van der Waals surface area contributed by atoms with Crippen molar-refractivity contribution in [2.24, 2.45) is 11.8 Å². The predicted molar refractivity (Wildman–Crippen MR) is 73.0 cm³/mol. The van der Waals surface area contributed by atoms with Gasteiger partial charge in [-0.25, -0.2) is 4.79 Å². The molecule has 2 aliphatic heterocycles. The number of urea groups is 1. The van der Waals surface area contributed by atoms with Crippen molar-refractivity contribution in [3.05, 3.63) is 0 Å². The second kappa shape index (κ2) is 6.57. The first-order valence-electron chi connectivity index (χ1n) is 7.35. The van der Waals surface area contributed by atoms with Crippen LogP contribution in [-0.4, -0.2) is 44.0 Å². The Bertz CT molecular complexity index is 309. The zero-order valence-electron chi connectivity index (χ0n) is 12.1. The molecular weight excluding hydrogens is 244 g/mol. The first-order chi connectivity index (χ1) is 9.08. The molecule has 0 aromatic heterocycles. The molecule has 0 spiro atoms. The van der Waals surface area contributed by atoms with E-state index in [-0.39, 0.29) is 24.3 Å². The van der Waals surface area contributed by atoms with Crippen LogP contribution in [0.2, 0.25) is 0 Å². The van der Waals surface area contributed by atoms with E-state index in [4.69, 9.17) is 9.47 Å². The fraction of sp³-hybridized carbons (Fsp3) is 0.929. The van der Waals surface area contributed by atoms with Gasteiger partial charge in [-0.05, 0) is 25.7 Å². The summed E-state index contributed by atoms with van der Waals surface area (Å²) in [4.78, 5) is 11.9. The molecule has 2 amide bonds. The monoisotopic (exact) mass is 270 g/mol. The van der Waals surface area contributed by atoms with E-state index < -0.39 is 0 Å². The molecule has 2 rings (SSSR count). The minimum Gasteiger partial charge on any atom is -0.378 e. The maximum absolute atomic E-state index is 11.9. The number of ether oxygens (including phenoxy) is 2. The molecule has 19 heavy (non-hydrogen) atoms. The lowest BCUT2D eigenvalue weighted by Gasteiger charge is -2.23. The molecule has 0 radical (unpaired) electrons. The Morgan fingerprint density at radius 3 is 2.63 bits per heavy atom. The second-order valence-electron chi connectivity index (χ2n) is 5.95. The van der Waals surface area contributed by atoms with Gasteiger partial charge < -0.3 is 20.1 Å². The van der Waals surface area contributed by atoms with Crippen molar-refractivity contribution in [1.82, 2.24) is 10.6 Å². The maximum Gasteiger partial charge on any atom is 0.315 e. The van der Waals surface area contributed by atoms with Gasteiger partial charge >= 0.3 is 6.03 Å². The van der Waals surface area contributed by atoms with E-state index in [9.17, 15) is 4.79 Å². The highest BCUT2D eigenvalue weighted by atomic mass is 16.5. The SMILES string of the molecule is CC(C)[C@H]1OCC[C@@H]1CNC(=O)N[C@@H]1CCO[C@H]1C. The number of rotatable bonds is 4. The van der Waals surface area contributed by atoms with Crippen molar-refractivity contribution in [3.8, 4) is 0 Å². The topological polar surface area (TPSA) is 59.6 Å². The maximum atomic E-state index is 11.9. The summed E-state index contributed by atoms with van der Waals surface area (Å²) < 4.78 is 11.1. The van der Waals surface area contributed by atoms with Crippen molar-refractivity contribution >= 4 is 6.03 Å². The molecule has 0 bridgehead atoms. The van der Waals surface area contributed by atoms with Gasteiger partial charge in [0.1, 0.15) is 0 Å². The molecule has 0 aromatic carbocycles. The van der Waals surface area contributed by atoms with Gasteiger partial charge in [-0.15, -0.1) is 0 Å². The Labute approximate surface area is 115 Å². The van der Waals surface area contributed by atoms with Crippen molar-refractivity contribution in [1.29, 1.82) is 0 Å². The Morgan fingerprint density at radius 1 is 1.26 bits per heavy atom. The van der Waals surface area contributed by atoms with Gasteiger partial charge in [-0.1, -0.05) is 13.8 Å². The Kier molecular flexibility index (Phi) is 5.05. The lowest BCUT2D eigenvalue weighted by Crippen LogP contribution is -2.46. The van der Waals surface area contributed by atoms with E-state index in [1.54, 1.807) is 0 Å². The summed E-state index contributed by atoms with van der Waals surface area (Å²) in [5.41, 5.74) is 0. The molecule has 2 N–H and O–H groups in total. The smallest absolute Gasteiger partial charge is 0.315 e. The van der Waals surface area contributed by atoms with Gasteiger partial charge in [0.2, 0.25) is 0 Å². The van der Waals surface area contributed by atoms with E-state index in [2.05, 4.69) is 24.5 Å². The molecule has 5 heteroatoms. The van der Waals surface area contributed by atoms with Crippen LogP contribution in [0.25, 0.3) is 0 Å². The number of carbonyl (C=O) groups excluding carboxylic acids is 1. The van der Waals surface area contributed by atoms with Gasteiger partial charge in [0.15, 0.2) is 0 Å². The lowest BCUT2D eigenvalue weighted by molar-refractivity contribution is 0.0544. The van der Waals surface area contributed by atoms with Gasteiger partial charge in [0.05, 0.1) is 18.2 Å². The van der Waals surface area contributed by atoms with Crippen LogP contribution in [0.4, 0.5) is 4.79 Å². The standard InChI is InChI=1S/C14H26N2O3/c1-9(2)13-11(4-6-19-13)8-15-14(17)16-12-5-7-18-10(12)3/h9-13H,4-8H2,1-3H3,(H2,15,16,17)/t10-,11+,12+,13+/m0/s1. The van der Waals surface area contributed by atoms with Gasteiger partial charge in [-0.2, -0.15) is 0 Å². The van der Waals surface area contributed by atoms with Crippen LogP contribution in [0.5, 0.6) is 0 Å². The summed E-state index contributed by atoms with van der Waals surface area (Å²) in [7, 11) is 0. The molecule has 2 fully saturated rings. The van der Waals surface area contributed by atoms with Crippen LogP contribution in [-0.2, 0) is 9.47 Å². The summed E-state index contributed by atoms with van der Waals surface area (Å²) in [5, 5.41) is 5.95. The summed E-state index contributed by atoms with van der Waals surface area (Å²) in [6, 6.07) is 0.0532. The minimum atomic E-state index is -0.0863. The first-order valence-corrected chi connectivity index (χ1v) is 7.35. The first kappa shape index (κ1) is 14.6. The fourth-order valence-corrected chi connectivity index (χ4v) is 2.98. The summed E-state index contributed by atoms with van der Waals surface area (Å²) in [5.74, 6) is 0.934. The second-order valence-corrected chi connectivity index (χ2v) is 5.95. The largest absolute Gasteiger partial charge is 0.378 e. The van der Waals surface area contributed by atoms with Crippen molar-refractivity contribution in [2.45, 2.75) is 51.9 Å². The average Bonchev–Trinajstić information content (AvgIpc) is 2.96. The minimum absolute atomic E-state index is 0.0863. The van der Waals surface area contributed by atoms with Crippen LogP contribution in [0.1, 0.15) is 33.6 Å². The molecule has 2 aliphatic rings. The number of amides is 2. The van der Waals surface area contributed by atoms with Gasteiger partial charge in [-0.3, -0.25) is 0 Å². The molecule has 0 aliphatic carbocycles. The third-order valence-electron chi connectivity index (χ3n) is 4.14. The van der Waals surface area contributed by atoms with Crippen LogP contribution in [0.15, 0.2) is 0 Å². The third-order valence-corrected chi connectivity index (χ3v) is 4.14. The molecule has 2 saturated heterocycles. The molecular formula is C14H26N2O3. The van der Waals surface area contributed by atoms with Crippen molar-refractivity contribution in [3.63, 3.8) is 0 Å². The highest BCUT2D eigenvalue weighted by Gasteiger charge is 2.31. The third kappa shape index (κ3) is 3.83. The normalized spacial score (nSPS) is 34.7. The Hall–Kier alpha value is -0.810. The molecule has 5 nitrogen and oxygen atoms in total. The van der Waals surface area contributed by atoms with Crippen LogP contribution < -0.4 is 10.6 Å². The zero-order valence-corrected chi connectivity index (χ0v) is 12.1. The Balaban J connectivity index is 1.71. The highest BCUT2D eigenvalue weighted by molar-refractivity contribution is 5.74.